The molecule has 102 valence electrons. The Bertz CT molecular complexity index is 549. The van der Waals surface area contributed by atoms with Crippen LogP contribution in [0.2, 0.25) is 0 Å². The molecule has 0 fully saturated rings. The zero-order chi connectivity index (χ0) is 13.8. The largest absolute Gasteiger partial charge is 0.382 e. The van der Waals surface area contributed by atoms with Gasteiger partial charge in [0.25, 0.3) is 0 Å². The van der Waals surface area contributed by atoms with Crippen LogP contribution in [0.4, 0.5) is 11.5 Å². The Balaban J connectivity index is 2.33. The first-order valence-corrected chi connectivity index (χ1v) is 6.53. The zero-order valence-electron chi connectivity index (χ0n) is 12.1. The summed E-state index contributed by atoms with van der Waals surface area (Å²) in [6.07, 6.45) is 1.92. The van der Waals surface area contributed by atoms with Crippen LogP contribution in [0.25, 0.3) is 10.8 Å². The van der Waals surface area contributed by atoms with Gasteiger partial charge in [0.05, 0.1) is 11.9 Å². The first-order valence-electron chi connectivity index (χ1n) is 6.53. The summed E-state index contributed by atoms with van der Waals surface area (Å²) >= 11 is 0. The number of anilines is 2. The van der Waals surface area contributed by atoms with Crippen molar-refractivity contribution in [1.82, 2.24) is 9.88 Å². The van der Waals surface area contributed by atoms with Gasteiger partial charge in [-0.2, -0.15) is 0 Å². The maximum absolute atomic E-state index is 4.55. The number of rotatable bonds is 5. The molecule has 1 aromatic carbocycles. The predicted molar refractivity (Wildman–Crippen MR) is 83.1 cm³/mol. The molecular formula is C15H22N4. The lowest BCUT2D eigenvalue weighted by Crippen LogP contribution is -2.21. The van der Waals surface area contributed by atoms with Crippen LogP contribution in [0.5, 0.6) is 0 Å². The molecule has 2 aromatic rings. The molecule has 4 nitrogen and oxygen atoms in total. The smallest absolute Gasteiger partial charge is 0.136 e. The minimum Gasteiger partial charge on any atom is -0.382 e. The SMILES string of the molecule is CN(C)CCNc1cnc(N(C)C)c2ccccc12. The predicted octanol–water partition coefficient (Wildman–Crippen LogP) is 2.27. The van der Waals surface area contributed by atoms with Crippen molar-refractivity contribution in [3.05, 3.63) is 30.5 Å². The van der Waals surface area contributed by atoms with E-state index in [1.807, 2.05) is 25.2 Å². The van der Waals surface area contributed by atoms with Crippen LogP contribution in [-0.4, -0.2) is 51.2 Å². The van der Waals surface area contributed by atoms with Crippen LogP contribution < -0.4 is 10.2 Å². The lowest BCUT2D eigenvalue weighted by atomic mass is 10.1. The highest BCUT2D eigenvalue weighted by molar-refractivity contribution is 6.00. The van der Waals surface area contributed by atoms with Crippen LogP contribution in [-0.2, 0) is 0 Å². The molecule has 0 unspecified atom stereocenters. The van der Waals surface area contributed by atoms with E-state index in [0.717, 1.165) is 24.6 Å². The fourth-order valence-electron chi connectivity index (χ4n) is 2.09. The molecule has 1 heterocycles. The van der Waals surface area contributed by atoms with Crippen LogP contribution in [0, 0.1) is 0 Å². The van der Waals surface area contributed by atoms with E-state index in [1.54, 1.807) is 0 Å². The van der Waals surface area contributed by atoms with E-state index in [9.17, 15) is 0 Å². The Morgan fingerprint density at radius 2 is 1.74 bits per heavy atom. The van der Waals surface area contributed by atoms with Gasteiger partial charge in [-0.25, -0.2) is 4.98 Å². The summed E-state index contributed by atoms with van der Waals surface area (Å²) in [6, 6.07) is 8.39. The standard InChI is InChI=1S/C15H22N4/c1-18(2)10-9-16-14-11-17-15(19(3)4)13-8-6-5-7-12(13)14/h5-8,11,16H,9-10H2,1-4H3. The minimum absolute atomic E-state index is 0.917. The van der Waals surface area contributed by atoms with Gasteiger partial charge in [-0.05, 0) is 14.1 Å². The van der Waals surface area contributed by atoms with Crippen molar-refractivity contribution in [2.75, 3.05) is 51.5 Å². The number of nitrogens with one attached hydrogen (secondary N) is 1. The van der Waals surface area contributed by atoms with Crippen molar-refractivity contribution in [2.45, 2.75) is 0 Å². The molecule has 1 N–H and O–H groups in total. The van der Waals surface area contributed by atoms with Crippen molar-refractivity contribution < 1.29 is 0 Å². The average Bonchev–Trinajstić information content (AvgIpc) is 2.38. The fraction of sp³-hybridized carbons (Fsp3) is 0.400. The maximum atomic E-state index is 4.55. The van der Waals surface area contributed by atoms with Crippen molar-refractivity contribution >= 4 is 22.3 Å². The Morgan fingerprint density at radius 1 is 1.05 bits per heavy atom. The van der Waals surface area contributed by atoms with Gasteiger partial charge in [-0.3, -0.25) is 0 Å². The van der Waals surface area contributed by atoms with E-state index in [1.165, 1.54) is 10.8 Å². The summed E-state index contributed by atoms with van der Waals surface area (Å²) in [4.78, 5) is 8.76. The quantitative estimate of drug-likeness (QED) is 0.891. The van der Waals surface area contributed by atoms with E-state index in [-0.39, 0.29) is 0 Å². The zero-order valence-corrected chi connectivity index (χ0v) is 12.1. The normalized spacial score (nSPS) is 11.0. The van der Waals surface area contributed by atoms with Gasteiger partial charge in [-0.1, -0.05) is 24.3 Å². The Labute approximate surface area is 115 Å². The van der Waals surface area contributed by atoms with Gasteiger partial charge in [-0.15, -0.1) is 0 Å². The van der Waals surface area contributed by atoms with Gasteiger partial charge in [0.2, 0.25) is 0 Å². The molecular weight excluding hydrogens is 236 g/mol. The first kappa shape index (κ1) is 13.6. The second-order valence-electron chi connectivity index (χ2n) is 5.17. The van der Waals surface area contributed by atoms with Crippen LogP contribution in [0.15, 0.2) is 30.5 Å². The molecule has 0 saturated heterocycles. The minimum atomic E-state index is 0.917. The summed E-state index contributed by atoms with van der Waals surface area (Å²) in [7, 11) is 8.20. The molecule has 0 aliphatic carbocycles. The summed E-state index contributed by atoms with van der Waals surface area (Å²) in [5.74, 6) is 1.01. The summed E-state index contributed by atoms with van der Waals surface area (Å²) in [5, 5.41) is 5.87. The average molecular weight is 258 g/mol. The van der Waals surface area contributed by atoms with Gasteiger partial charge in [0, 0.05) is 38.0 Å². The van der Waals surface area contributed by atoms with E-state index in [0.29, 0.717) is 0 Å². The molecule has 2 rings (SSSR count). The van der Waals surface area contributed by atoms with Crippen LogP contribution in [0.1, 0.15) is 0 Å². The van der Waals surface area contributed by atoms with Gasteiger partial charge in [0.1, 0.15) is 5.82 Å². The van der Waals surface area contributed by atoms with E-state index >= 15 is 0 Å². The van der Waals surface area contributed by atoms with E-state index in [4.69, 9.17) is 0 Å². The summed E-state index contributed by atoms with van der Waals surface area (Å²) in [5.41, 5.74) is 1.10. The molecule has 1 aromatic heterocycles. The Kier molecular flexibility index (Phi) is 4.22. The van der Waals surface area contributed by atoms with Crippen LogP contribution in [0.3, 0.4) is 0 Å². The third kappa shape index (κ3) is 3.15. The lowest BCUT2D eigenvalue weighted by molar-refractivity contribution is 0.425. The first-order chi connectivity index (χ1) is 9.09. The molecule has 0 spiro atoms. The molecule has 0 aliphatic rings. The molecule has 0 radical (unpaired) electrons. The van der Waals surface area contributed by atoms with Gasteiger partial charge < -0.3 is 15.1 Å². The highest BCUT2D eigenvalue weighted by Gasteiger charge is 2.08. The second-order valence-corrected chi connectivity index (χ2v) is 5.17. The molecule has 0 atom stereocenters. The maximum Gasteiger partial charge on any atom is 0.136 e. The molecule has 0 aliphatic heterocycles. The highest BCUT2D eigenvalue weighted by Crippen LogP contribution is 2.28. The van der Waals surface area contributed by atoms with Crippen molar-refractivity contribution in [3.8, 4) is 0 Å². The Morgan fingerprint density at radius 3 is 2.37 bits per heavy atom. The highest BCUT2D eigenvalue weighted by atomic mass is 15.1. The number of pyridine rings is 1. The number of likely N-dealkylation sites (N-methyl/N-ethyl adjacent to an activating group) is 1. The number of nitrogens with zero attached hydrogens (tertiary/aromatic N) is 3. The van der Waals surface area contributed by atoms with Crippen molar-refractivity contribution in [3.63, 3.8) is 0 Å². The third-order valence-corrected chi connectivity index (χ3v) is 3.07. The topological polar surface area (TPSA) is 31.4 Å². The van der Waals surface area contributed by atoms with E-state index in [2.05, 4.69) is 53.6 Å². The summed E-state index contributed by atoms with van der Waals surface area (Å²) < 4.78 is 0. The summed E-state index contributed by atoms with van der Waals surface area (Å²) in [6.45, 7) is 1.92. The van der Waals surface area contributed by atoms with Crippen LogP contribution >= 0.6 is 0 Å². The molecule has 19 heavy (non-hydrogen) atoms. The number of benzene rings is 1. The Hall–Kier alpha value is -1.81. The molecule has 0 amide bonds. The lowest BCUT2D eigenvalue weighted by Gasteiger charge is -2.17. The second kappa shape index (κ2) is 5.89. The third-order valence-electron chi connectivity index (χ3n) is 3.07. The number of hydrogen-bond donors (Lipinski definition) is 1. The molecule has 0 saturated carbocycles. The van der Waals surface area contributed by atoms with Gasteiger partial charge >= 0.3 is 0 Å². The number of fused-ring (bicyclic) bond motifs is 1. The monoisotopic (exact) mass is 258 g/mol. The number of aromatic nitrogens is 1. The van der Waals surface area contributed by atoms with E-state index < -0.39 is 0 Å². The molecule has 0 bridgehead atoms. The number of hydrogen-bond acceptors (Lipinski definition) is 4. The van der Waals surface area contributed by atoms with Crippen molar-refractivity contribution in [2.24, 2.45) is 0 Å². The van der Waals surface area contributed by atoms with Gasteiger partial charge in [0.15, 0.2) is 0 Å². The fourth-order valence-corrected chi connectivity index (χ4v) is 2.09. The van der Waals surface area contributed by atoms with Crippen molar-refractivity contribution in [1.29, 1.82) is 0 Å². The molecule has 4 heteroatoms.